The molecule has 2 rings (SSSR count). The van der Waals surface area contributed by atoms with Crippen molar-refractivity contribution in [3.05, 3.63) is 64.1 Å². The molecule has 0 bridgehead atoms. The van der Waals surface area contributed by atoms with Crippen LogP contribution in [0.4, 0.5) is 5.69 Å². The molecule has 2 aromatic carbocycles. The molecule has 0 saturated heterocycles. The van der Waals surface area contributed by atoms with E-state index in [9.17, 15) is 18.0 Å². The van der Waals surface area contributed by atoms with E-state index in [-0.39, 0.29) is 43.7 Å². The zero-order valence-electron chi connectivity index (χ0n) is 20.5. The van der Waals surface area contributed by atoms with E-state index in [1.807, 2.05) is 19.9 Å². The monoisotopic (exact) mass is 541 g/mol. The summed E-state index contributed by atoms with van der Waals surface area (Å²) in [7, 11) is -3.56. The summed E-state index contributed by atoms with van der Waals surface area (Å²) < 4.78 is 26.0. The normalized spacial score (nSPS) is 12.3. The Kier molecular flexibility index (Phi) is 10.9. The molecule has 35 heavy (non-hydrogen) atoms. The van der Waals surface area contributed by atoms with Crippen LogP contribution in [0.5, 0.6) is 0 Å². The van der Waals surface area contributed by atoms with Crippen LogP contribution in [-0.2, 0) is 26.2 Å². The van der Waals surface area contributed by atoms with Gasteiger partial charge in [0.25, 0.3) is 0 Å². The highest BCUT2D eigenvalue weighted by Gasteiger charge is 2.26. The van der Waals surface area contributed by atoms with E-state index in [1.54, 1.807) is 49.4 Å². The van der Waals surface area contributed by atoms with Crippen molar-refractivity contribution < 1.29 is 18.0 Å². The molecule has 1 N–H and O–H groups in total. The van der Waals surface area contributed by atoms with Crippen molar-refractivity contribution in [2.75, 3.05) is 23.7 Å². The van der Waals surface area contributed by atoms with Gasteiger partial charge in [0.1, 0.15) is 6.04 Å². The number of nitrogens with one attached hydrogen (secondary N) is 1. The minimum absolute atomic E-state index is 0.0714. The van der Waals surface area contributed by atoms with Gasteiger partial charge >= 0.3 is 0 Å². The lowest BCUT2D eigenvalue weighted by atomic mass is 10.1. The number of hydrogen-bond donors (Lipinski definition) is 1. The predicted octanol–water partition coefficient (Wildman–Crippen LogP) is 4.73. The number of halogens is 2. The van der Waals surface area contributed by atoms with Gasteiger partial charge in [-0.3, -0.25) is 13.9 Å². The lowest BCUT2D eigenvalue weighted by Gasteiger charge is -2.29. The number of anilines is 1. The second-order valence-electron chi connectivity index (χ2n) is 8.88. The van der Waals surface area contributed by atoms with Crippen molar-refractivity contribution in [2.24, 2.45) is 5.92 Å². The van der Waals surface area contributed by atoms with E-state index in [0.29, 0.717) is 22.3 Å². The van der Waals surface area contributed by atoms with Crippen LogP contribution in [0.1, 0.15) is 39.2 Å². The molecule has 1 atom stereocenters. The van der Waals surface area contributed by atoms with E-state index in [4.69, 9.17) is 23.2 Å². The molecular formula is C25H33Cl2N3O4S. The molecule has 10 heteroatoms. The lowest BCUT2D eigenvalue weighted by Crippen LogP contribution is -2.48. The number of nitrogens with zero attached hydrogens (tertiary/aromatic N) is 2. The first-order valence-corrected chi connectivity index (χ1v) is 14.0. The van der Waals surface area contributed by atoms with E-state index < -0.39 is 16.1 Å². The lowest BCUT2D eigenvalue weighted by molar-refractivity contribution is -0.140. The van der Waals surface area contributed by atoms with Gasteiger partial charge in [-0.05, 0) is 61.2 Å². The molecule has 0 aliphatic rings. The van der Waals surface area contributed by atoms with Gasteiger partial charge in [-0.25, -0.2) is 8.42 Å². The highest BCUT2D eigenvalue weighted by atomic mass is 35.5. The Morgan fingerprint density at radius 2 is 1.66 bits per heavy atom. The first-order valence-electron chi connectivity index (χ1n) is 11.4. The zero-order valence-corrected chi connectivity index (χ0v) is 22.8. The molecule has 7 nitrogen and oxygen atoms in total. The predicted molar refractivity (Wildman–Crippen MR) is 142 cm³/mol. The molecule has 2 aromatic rings. The Morgan fingerprint density at radius 3 is 2.23 bits per heavy atom. The van der Waals surface area contributed by atoms with Gasteiger partial charge in [0.05, 0.1) is 11.9 Å². The summed E-state index contributed by atoms with van der Waals surface area (Å²) in [4.78, 5) is 27.5. The van der Waals surface area contributed by atoms with Crippen molar-refractivity contribution in [1.29, 1.82) is 0 Å². The fourth-order valence-electron chi connectivity index (χ4n) is 3.48. The van der Waals surface area contributed by atoms with Crippen molar-refractivity contribution in [2.45, 2.75) is 46.2 Å². The summed E-state index contributed by atoms with van der Waals surface area (Å²) >= 11 is 12.0. The van der Waals surface area contributed by atoms with Crippen LogP contribution in [0.3, 0.4) is 0 Å². The highest BCUT2D eigenvalue weighted by Crippen LogP contribution is 2.22. The molecular weight excluding hydrogens is 509 g/mol. The quantitative estimate of drug-likeness (QED) is 0.420. The van der Waals surface area contributed by atoms with Gasteiger partial charge in [-0.15, -0.1) is 0 Å². The maximum absolute atomic E-state index is 13.3. The van der Waals surface area contributed by atoms with Gasteiger partial charge in [-0.2, -0.15) is 0 Å². The number of carbonyl (C=O) groups is 2. The number of amides is 2. The Labute approximate surface area is 218 Å². The summed E-state index contributed by atoms with van der Waals surface area (Å²) in [5, 5.41) is 3.92. The average molecular weight is 543 g/mol. The largest absolute Gasteiger partial charge is 0.354 e. The number of hydrogen-bond acceptors (Lipinski definition) is 4. The molecule has 0 heterocycles. The molecule has 0 saturated carbocycles. The maximum Gasteiger partial charge on any atom is 0.242 e. The Balaban J connectivity index is 2.15. The third-order valence-corrected chi connectivity index (χ3v) is 7.04. The molecule has 0 fully saturated rings. The summed E-state index contributed by atoms with van der Waals surface area (Å²) in [5.74, 6) is -0.215. The number of rotatable bonds is 12. The van der Waals surface area contributed by atoms with E-state index in [0.717, 1.165) is 11.8 Å². The van der Waals surface area contributed by atoms with Gasteiger partial charge in [0.15, 0.2) is 0 Å². The number of carbonyl (C=O) groups excluding carboxylic acids is 2. The smallest absolute Gasteiger partial charge is 0.242 e. The van der Waals surface area contributed by atoms with Crippen LogP contribution in [0, 0.1) is 5.92 Å². The van der Waals surface area contributed by atoms with Crippen LogP contribution in [0.15, 0.2) is 48.5 Å². The minimum atomic E-state index is -3.56. The van der Waals surface area contributed by atoms with Crippen molar-refractivity contribution in [1.82, 2.24) is 10.2 Å². The first-order chi connectivity index (χ1) is 16.4. The number of sulfonamides is 1. The minimum Gasteiger partial charge on any atom is -0.354 e. The van der Waals surface area contributed by atoms with Gasteiger partial charge in [0, 0.05) is 36.1 Å². The van der Waals surface area contributed by atoms with Gasteiger partial charge in [-0.1, -0.05) is 49.2 Å². The molecule has 0 unspecified atom stereocenters. The summed E-state index contributed by atoms with van der Waals surface area (Å²) in [5.41, 5.74) is 1.27. The molecule has 0 aliphatic heterocycles. The molecule has 0 aromatic heterocycles. The van der Waals surface area contributed by atoms with Crippen molar-refractivity contribution in [3.8, 4) is 0 Å². The summed E-state index contributed by atoms with van der Waals surface area (Å²) in [6, 6.07) is 12.9. The maximum atomic E-state index is 13.3. The van der Waals surface area contributed by atoms with Crippen LogP contribution in [-0.4, -0.2) is 50.5 Å². The van der Waals surface area contributed by atoms with Crippen LogP contribution in [0.25, 0.3) is 0 Å². The van der Waals surface area contributed by atoms with Crippen molar-refractivity contribution >= 4 is 50.7 Å². The molecule has 2 amide bonds. The summed E-state index contributed by atoms with van der Waals surface area (Å²) in [6.45, 7) is 6.51. The van der Waals surface area contributed by atoms with E-state index in [2.05, 4.69) is 5.32 Å². The summed E-state index contributed by atoms with van der Waals surface area (Å²) in [6.07, 6.45) is 1.47. The Hall–Kier alpha value is -2.29. The van der Waals surface area contributed by atoms with Crippen LogP contribution in [0.2, 0.25) is 10.0 Å². The molecule has 0 spiro atoms. The van der Waals surface area contributed by atoms with Crippen molar-refractivity contribution in [3.63, 3.8) is 0 Å². The fraction of sp³-hybridized carbons (Fsp3) is 0.440. The topological polar surface area (TPSA) is 86.8 Å². The van der Waals surface area contributed by atoms with Gasteiger partial charge < -0.3 is 10.2 Å². The number of benzene rings is 2. The Bertz CT molecular complexity index is 1110. The second-order valence-corrected chi connectivity index (χ2v) is 11.7. The Morgan fingerprint density at radius 1 is 1.00 bits per heavy atom. The fourth-order valence-corrected chi connectivity index (χ4v) is 4.78. The third-order valence-electron chi connectivity index (χ3n) is 5.36. The van der Waals surface area contributed by atoms with E-state index in [1.165, 1.54) is 9.21 Å². The van der Waals surface area contributed by atoms with E-state index >= 15 is 0 Å². The second kappa shape index (κ2) is 13.1. The first kappa shape index (κ1) is 28.9. The highest BCUT2D eigenvalue weighted by molar-refractivity contribution is 7.92. The third kappa shape index (κ3) is 9.35. The van der Waals surface area contributed by atoms with Gasteiger partial charge in [0.2, 0.25) is 21.8 Å². The average Bonchev–Trinajstić information content (AvgIpc) is 2.78. The molecule has 0 aliphatic carbocycles. The SMILES string of the molecule is CC(C)CNC(=O)[C@@H](C)N(Cc1cccc(Cl)c1)C(=O)CCCN(c1ccc(Cl)cc1)S(C)(=O)=O. The standard InChI is InChI=1S/C25H33Cl2N3O4S/c1-18(2)16-28-25(32)19(3)29(17-20-7-5-8-22(27)15-20)24(31)9-6-14-30(35(4,33)34)23-12-10-21(26)11-13-23/h5,7-8,10-13,15,18-19H,6,9,14,16-17H2,1-4H3,(H,28,32)/t19-/m1/s1. The zero-order chi connectivity index (χ0) is 26.2. The molecule has 0 radical (unpaired) electrons. The van der Waals surface area contributed by atoms with Crippen LogP contribution < -0.4 is 9.62 Å². The molecule has 192 valence electrons. The van der Waals surface area contributed by atoms with Crippen LogP contribution >= 0.6 is 23.2 Å².